The van der Waals surface area contributed by atoms with Crippen LogP contribution in [0.25, 0.3) is 10.4 Å². The molecule has 0 aromatic carbocycles. The summed E-state index contributed by atoms with van der Waals surface area (Å²) in [7, 11) is 0. The van der Waals surface area contributed by atoms with E-state index in [0.717, 1.165) is 0 Å². The van der Waals surface area contributed by atoms with Crippen molar-refractivity contribution in [2.75, 3.05) is 32.7 Å². The third-order valence-electron chi connectivity index (χ3n) is 2.17. The number of carboxylic acid groups (broad SMARTS) is 1. The number of hydrogen-bond donors (Lipinski definition) is 1. The van der Waals surface area contributed by atoms with Crippen LogP contribution >= 0.6 is 0 Å². The second kappa shape index (κ2) is 5.06. The van der Waals surface area contributed by atoms with E-state index in [1.54, 1.807) is 0 Å². The monoisotopic (exact) mass is 213 g/mol. The summed E-state index contributed by atoms with van der Waals surface area (Å²) in [5, 5.41) is 11.8. The van der Waals surface area contributed by atoms with Crippen LogP contribution in [-0.2, 0) is 4.79 Å². The number of hydrogen-bond acceptors (Lipinski definition) is 3. The summed E-state index contributed by atoms with van der Waals surface area (Å²) < 4.78 is 0. The lowest BCUT2D eigenvalue weighted by molar-refractivity contribution is -0.131. The lowest BCUT2D eigenvalue weighted by Crippen LogP contribution is -2.50. The molecule has 1 fully saturated rings. The zero-order chi connectivity index (χ0) is 11.3. The second-order valence-corrected chi connectivity index (χ2v) is 3.04. The molecule has 0 bridgehead atoms. The summed E-state index contributed by atoms with van der Waals surface area (Å²) in [5.74, 6) is -0.266. The number of nitrogens with zero attached hydrogens (tertiary/aromatic N) is 5. The first-order valence-corrected chi connectivity index (χ1v) is 4.41. The Morgan fingerprint density at radius 1 is 1.27 bits per heavy atom. The van der Waals surface area contributed by atoms with Crippen LogP contribution in [0.2, 0.25) is 0 Å². The molecule has 1 saturated heterocycles. The van der Waals surface area contributed by atoms with Crippen LogP contribution in [0.1, 0.15) is 0 Å². The summed E-state index contributed by atoms with van der Waals surface area (Å²) in [4.78, 5) is 27.1. The first-order valence-electron chi connectivity index (χ1n) is 4.41. The summed E-state index contributed by atoms with van der Waals surface area (Å²) in [6.45, 7) is 1.11. The number of piperazine rings is 1. The van der Waals surface area contributed by atoms with Gasteiger partial charge in [-0.25, -0.2) is 4.79 Å². The molecular weight excluding hydrogens is 202 g/mol. The molecule has 82 valence electrons. The lowest BCUT2D eigenvalue weighted by Gasteiger charge is -2.32. The van der Waals surface area contributed by atoms with Crippen molar-refractivity contribution in [2.24, 2.45) is 5.11 Å². The Hall–Kier alpha value is -1.95. The van der Waals surface area contributed by atoms with Crippen molar-refractivity contribution in [1.82, 2.24) is 9.80 Å². The molecule has 0 aliphatic carbocycles. The van der Waals surface area contributed by atoms with Gasteiger partial charge in [-0.1, -0.05) is 5.11 Å². The number of amides is 2. The average molecular weight is 213 g/mol. The zero-order valence-electron chi connectivity index (χ0n) is 8.04. The van der Waals surface area contributed by atoms with Crippen LogP contribution in [0.3, 0.4) is 0 Å². The van der Waals surface area contributed by atoms with Gasteiger partial charge in [-0.3, -0.25) is 4.79 Å². The number of rotatable bonds is 2. The van der Waals surface area contributed by atoms with E-state index in [9.17, 15) is 9.59 Å². The number of carbonyl (C=O) groups excluding carboxylic acids is 1. The van der Waals surface area contributed by atoms with Gasteiger partial charge < -0.3 is 14.9 Å². The molecule has 1 heterocycles. The van der Waals surface area contributed by atoms with Crippen molar-refractivity contribution < 1.29 is 14.7 Å². The molecule has 0 aromatic heterocycles. The van der Waals surface area contributed by atoms with E-state index < -0.39 is 6.09 Å². The number of carbonyl (C=O) groups is 2. The van der Waals surface area contributed by atoms with Crippen LogP contribution in [-0.4, -0.2) is 59.6 Å². The van der Waals surface area contributed by atoms with E-state index >= 15 is 0 Å². The predicted molar refractivity (Wildman–Crippen MR) is 50.2 cm³/mol. The fourth-order valence-corrected chi connectivity index (χ4v) is 1.34. The Kier molecular flexibility index (Phi) is 3.75. The van der Waals surface area contributed by atoms with E-state index in [0.29, 0.717) is 26.2 Å². The topological polar surface area (TPSA) is 110 Å². The van der Waals surface area contributed by atoms with Gasteiger partial charge in [0.25, 0.3) is 0 Å². The maximum absolute atomic E-state index is 11.3. The molecule has 0 radical (unpaired) electrons. The van der Waals surface area contributed by atoms with Crippen molar-refractivity contribution in [3.8, 4) is 0 Å². The summed E-state index contributed by atoms with van der Waals surface area (Å²) in [6, 6.07) is 0. The Bertz CT molecular complexity index is 304. The van der Waals surface area contributed by atoms with Gasteiger partial charge in [0.15, 0.2) is 0 Å². The molecule has 1 aliphatic heterocycles. The van der Waals surface area contributed by atoms with E-state index in [4.69, 9.17) is 10.6 Å². The maximum atomic E-state index is 11.3. The zero-order valence-corrected chi connectivity index (χ0v) is 8.04. The lowest BCUT2D eigenvalue weighted by atomic mass is 10.3. The van der Waals surface area contributed by atoms with Crippen LogP contribution in [0.4, 0.5) is 4.79 Å². The van der Waals surface area contributed by atoms with Gasteiger partial charge in [0.1, 0.15) is 6.54 Å². The minimum absolute atomic E-state index is 0.205. The minimum atomic E-state index is -0.975. The van der Waals surface area contributed by atoms with Gasteiger partial charge in [-0.15, -0.1) is 0 Å². The highest BCUT2D eigenvalue weighted by Gasteiger charge is 2.22. The normalized spacial score (nSPS) is 15.7. The molecule has 0 aromatic rings. The highest BCUT2D eigenvalue weighted by Crippen LogP contribution is 2.02. The Balaban J connectivity index is 2.39. The third kappa shape index (κ3) is 3.03. The highest BCUT2D eigenvalue weighted by molar-refractivity contribution is 5.78. The molecule has 0 spiro atoms. The van der Waals surface area contributed by atoms with Crippen molar-refractivity contribution in [1.29, 1.82) is 0 Å². The predicted octanol–water partition coefficient (Wildman–Crippen LogP) is 0.119. The van der Waals surface area contributed by atoms with Gasteiger partial charge >= 0.3 is 6.09 Å². The van der Waals surface area contributed by atoms with Gasteiger partial charge in [0.2, 0.25) is 5.91 Å². The molecule has 0 saturated carbocycles. The van der Waals surface area contributed by atoms with Gasteiger partial charge in [0, 0.05) is 31.1 Å². The summed E-state index contributed by atoms with van der Waals surface area (Å²) in [6.07, 6.45) is -0.975. The van der Waals surface area contributed by atoms with Crippen LogP contribution in [0, 0.1) is 0 Å². The Morgan fingerprint density at radius 3 is 2.27 bits per heavy atom. The summed E-state index contributed by atoms with van der Waals surface area (Å²) in [5.41, 5.74) is 8.03. The molecule has 0 unspecified atom stereocenters. The highest BCUT2D eigenvalue weighted by atomic mass is 16.4. The van der Waals surface area contributed by atoms with E-state index in [1.165, 1.54) is 9.80 Å². The number of azide groups is 1. The molecule has 1 rings (SSSR count). The van der Waals surface area contributed by atoms with Gasteiger partial charge in [-0.2, -0.15) is 0 Å². The van der Waals surface area contributed by atoms with Crippen molar-refractivity contribution in [3.05, 3.63) is 10.4 Å². The molecule has 8 nitrogen and oxygen atoms in total. The summed E-state index contributed by atoms with van der Waals surface area (Å²) >= 11 is 0. The molecule has 1 N–H and O–H groups in total. The van der Waals surface area contributed by atoms with Gasteiger partial charge in [-0.05, 0) is 5.53 Å². The van der Waals surface area contributed by atoms with Crippen LogP contribution < -0.4 is 0 Å². The SMILES string of the molecule is [N-]=[N+]=NCC(=O)N1CCN(C(=O)O)CC1. The molecule has 8 heteroatoms. The quantitative estimate of drug-likeness (QED) is 0.399. The van der Waals surface area contributed by atoms with Gasteiger partial charge in [0.05, 0.1) is 0 Å². The Labute approximate surface area is 85.7 Å². The molecule has 1 aliphatic rings. The fourth-order valence-electron chi connectivity index (χ4n) is 1.34. The van der Waals surface area contributed by atoms with E-state index in [-0.39, 0.29) is 12.5 Å². The van der Waals surface area contributed by atoms with Crippen molar-refractivity contribution in [3.63, 3.8) is 0 Å². The molecular formula is C7H11N5O3. The van der Waals surface area contributed by atoms with E-state index in [1.807, 2.05) is 0 Å². The molecule has 0 atom stereocenters. The van der Waals surface area contributed by atoms with Crippen molar-refractivity contribution in [2.45, 2.75) is 0 Å². The first-order chi connectivity index (χ1) is 7.15. The minimum Gasteiger partial charge on any atom is -0.465 e. The maximum Gasteiger partial charge on any atom is 0.407 e. The van der Waals surface area contributed by atoms with Crippen LogP contribution in [0.15, 0.2) is 5.11 Å². The smallest absolute Gasteiger partial charge is 0.407 e. The Morgan fingerprint density at radius 2 is 1.80 bits per heavy atom. The fraction of sp³-hybridized carbons (Fsp3) is 0.714. The standard InChI is InChI=1S/C7H11N5O3/c8-10-9-5-6(13)11-1-3-12(4-2-11)7(14)15/h1-5H2,(H,14,15). The van der Waals surface area contributed by atoms with Crippen LogP contribution in [0.5, 0.6) is 0 Å². The molecule has 15 heavy (non-hydrogen) atoms. The molecule has 2 amide bonds. The first kappa shape index (κ1) is 11.1. The van der Waals surface area contributed by atoms with E-state index in [2.05, 4.69) is 10.0 Å². The van der Waals surface area contributed by atoms with Crippen molar-refractivity contribution >= 4 is 12.0 Å². The largest absolute Gasteiger partial charge is 0.465 e. The second-order valence-electron chi connectivity index (χ2n) is 3.04. The third-order valence-corrected chi connectivity index (χ3v) is 2.17. The average Bonchev–Trinajstić information content (AvgIpc) is 2.26.